The van der Waals surface area contributed by atoms with Gasteiger partial charge in [0, 0.05) is 13.6 Å². The van der Waals surface area contributed by atoms with Crippen LogP contribution in [0.2, 0.25) is 0 Å². The molecule has 0 bridgehead atoms. The van der Waals surface area contributed by atoms with E-state index in [9.17, 15) is 9.90 Å². The summed E-state index contributed by atoms with van der Waals surface area (Å²) in [4.78, 5) is 13.6. The molecular weight excluding hydrogens is 228 g/mol. The minimum Gasteiger partial charge on any atom is -0.394 e. The molecule has 1 aromatic carbocycles. The first-order valence-corrected chi connectivity index (χ1v) is 6.26. The number of nitrogens with zero attached hydrogens (tertiary/aromatic N) is 1. The van der Waals surface area contributed by atoms with E-state index in [1.165, 1.54) is 0 Å². The lowest BCUT2D eigenvalue weighted by Gasteiger charge is -2.32. The van der Waals surface area contributed by atoms with Crippen LogP contribution in [-0.4, -0.2) is 42.2 Å². The molecule has 2 unspecified atom stereocenters. The number of aliphatic hydroxyl groups excluding tert-OH is 1. The molecule has 0 aliphatic carbocycles. The first-order valence-electron chi connectivity index (χ1n) is 6.26. The quantitative estimate of drug-likeness (QED) is 0.825. The molecule has 18 heavy (non-hydrogen) atoms. The highest BCUT2D eigenvalue weighted by atomic mass is 16.3. The Balaban J connectivity index is 2.17. The van der Waals surface area contributed by atoms with Crippen LogP contribution in [0.25, 0.3) is 0 Å². The Morgan fingerprint density at radius 3 is 2.61 bits per heavy atom. The van der Waals surface area contributed by atoms with Gasteiger partial charge in [-0.15, -0.1) is 0 Å². The fourth-order valence-electron chi connectivity index (χ4n) is 2.37. The van der Waals surface area contributed by atoms with Gasteiger partial charge >= 0.3 is 0 Å². The predicted octanol–water partition coefficient (Wildman–Crippen LogP) is 0.714. The van der Waals surface area contributed by atoms with Gasteiger partial charge in [-0.1, -0.05) is 30.3 Å². The van der Waals surface area contributed by atoms with Crippen LogP contribution < -0.4 is 5.32 Å². The Morgan fingerprint density at radius 1 is 1.44 bits per heavy atom. The van der Waals surface area contributed by atoms with Gasteiger partial charge in [0.15, 0.2) is 0 Å². The molecule has 1 amide bonds. The number of amides is 1. The number of hydrogen-bond acceptors (Lipinski definition) is 3. The van der Waals surface area contributed by atoms with E-state index in [4.69, 9.17) is 0 Å². The van der Waals surface area contributed by atoms with Gasteiger partial charge in [0.25, 0.3) is 0 Å². The van der Waals surface area contributed by atoms with Crippen molar-refractivity contribution < 1.29 is 9.90 Å². The molecule has 4 heteroatoms. The average molecular weight is 248 g/mol. The highest BCUT2D eigenvalue weighted by molar-refractivity contribution is 5.83. The highest BCUT2D eigenvalue weighted by Gasteiger charge is 2.36. The third kappa shape index (κ3) is 2.40. The number of benzene rings is 1. The van der Waals surface area contributed by atoms with E-state index in [0.29, 0.717) is 0 Å². The largest absolute Gasteiger partial charge is 0.394 e. The van der Waals surface area contributed by atoms with Crippen molar-refractivity contribution in [3.05, 3.63) is 35.9 Å². The van der Waals surface area contributed by atoms with Crippen molar-refractivity contribution in [3.8, 4) is 0 Å². The maximum Gasteiger partial charge on any atom is 0.239 e. The van der Waals surface area contributed by atoms with Crippen LogP contribution in [0, 0.1) is 0 Å². The average Bonchev–Trinajstić information content (AvgIpc) is 2.71. The fraction of sp³-hybridized carbons (Fsp3) is 0.500. The number of carbonyl (C=O) groups excluding carboxylic acids is 1. The van der Waals surface area contributed by atoms with Gasteiger partial charge < -0.3 is 10.0 Å². The second-order valence-corrected chi connectivity index (χ2v) is 5.10. The van der Waals surface area contributed by atoms with Crippen LogP contribution in [-0.2, 0) is 10.3 Å². The van der Waals surface area contributed by atoms with Crippen LogP contribution in [0.1, 0.15) is 18.9 Å². The summed E-state index contributed by atoms with van der Waals surface area (Å²) in [6.07, 6.45) is 0.789. The van der Waals surface area contributed by atoms with Crippen molar-refractivity contribution in [2.75, 3.05) is 20.2 Å². The zero-order chi connectivity index (χ0) is 13.2. The van der Waals surface area contributed by atoms with Crippen LogP contribution in [0.3, 0.4) is 0 Å². The minimum atomic E-state index is -0.577. The molecule has 1 aliphatic heterocycles. The molecular formula is C14H20N2O2. The summed E-state index contributed by atoms with van der Waals surface area (Å²) in [5.74, 6) is 0.102. The van der Waals surface area contributed by atoms with Crippen molar-refractivity contribution in [2.45, 2.75) is 24.9 Å². The van der Waals surface area contributed by atoms with Gasteiger partial charge in [0.05, 0.1) is 18.2 Å². The van der Waals surface area contributed by atoms with Crippen LogP contribution in [0.15, 0.2) is 30.3 Å². The topological polar surface area (TPSA) is 52.6 Å². The summed E-state index contributed by atoms with van der Waals surface area (Å²) in [6, 6.07) is 9.54. The Morgan fingerprint density at radius 2 is 2.11 bits per heavy atom. The molecule has 98 valence electrons. The smallest absolute Gasteiger partial charge is 0.239 e. The number of aliphatic hydroxyl groups is 1. The van der Waals surface area contributed by atoms with E-state index < -0.39 is 5.54 Å². The van der Waals surface area contributed by atoms with Crippen molar-refractivity contribution in [1.82, 2.24) is 10.2 Å². The standard InChI is InChI=1S/C14H20N2O2/c1-14(10-17,11-6-4-3-5-7-11)15-12-8-9-16(2)13(12)18/h3-7,12,15,17H,8-10H2,1-2H3. The van der Waals surface area contributed by atoms with Gasteiger partial charge in [0.2, 0.25) is 5.91 Å². The molecule has 2 atom stereocenters. The van der Waals surface area contributed by atoms with Gasteiger partial charge in [-0.25, -0.2) is 0 Å². The lowest BCUT2D eigenvalue weighted by Crippen LogP contribution is -2.51. The zero-order valence-electron chi connectivity index (χ0n) is 10.9. The van der Waals surface area contributed by atoms with E-state index in [1.807, 2.05) is 44.3 Å². The SMILES string of the molecule is CN1CCC(NC(C)(CO)c2ccccc2)C1=O. The van der Waals surface area contributed by atoms with Crippen LogP contribution >= 0.6 is 0 Å². The summed E-state index contributed by atoms with van der Waals surface area (Å²) in [5.41, 5.74) is 0.419. The van der Waals surface area contributed by atoms with Crippen LogP contribution in [0.5, 0.6) is 0 Å². The molecule has 0 spiro atoms. The summed E-state index contributed by atoms with van der Waals surface area (Å²) < 4.78 is 0. The predicted molar refractivity (Wildman–Crippen MR) is 70.1 cm³/mol. The van der Waals surface area contributed by atoms with E-state index >= 15 is 0 Å². The second-order valence-electron chi connectivity index (χ2n) is 5.10. The lowest BCUT2D eigenvalue weighted by atomic mass is 9.91. The number of likely N-dealkylation sites (tertiary alicyclic amines) is 1. The molecule has 0 aromatic heterocycles. The van der Waals surface area contributed by atoms with Crippen molar-refractivity contribution >= 4 is 5.91 Å². The van der Waals surface area contributed by atoms with Gasteiger partial charge in [-0.05, 0) is 18.9 Å². The minimum absolute atomic E-state index is 0.0372. The molecule has 1 aliphatic rings. The van der Waals surface area contributed by atoms with Gasteiger partial charge in [0.1, 0.15) is 0 Å². The van der Waals surface area contributed by atoms with E-state index in [-0.39, 0.29) is 18.6 Å². The van der Waals surface area contributed by atoms with E-state index in [0.717, 1.165) is 18.5 Å². The Hall–Kier alpha value is -1.39. The molecule has 4 nitrogen and oxygen atoms in total. The first kappa shape index (κ1) is 13.1. The third-order valence-electron chi connectivity index (χ3n) is 3.65. The molecule has 1 aromatic rings. The summed E-state index contributed by atoms with van der Waals surface area (Å²) in [5, 5.41) is 13.0. The summed E-state index contributed by atoms with van der Waals surface area (Å²) >= 11 is 0. The van der Waals surface area contributed by atoms with Crippen molar-refractivity contribution in [3.63, 3.8) is 0 Å². The number of rotatable bonds is 4. The maximum absolute atomic E-state index is 11.9. The molecule has 0 saturated carbocycles. The van der Waals surface area contributed by atoms with E-state index in [2.05, 4.69) is 5.32 Å². The summed E-state index contributed by atoms with van der Waals surface area (Å²) in [6.45, 7) is 2.66. The van der Waals surface area contributed by atoms with Gasteiger partial charge in [-0.2, -0.15) is 0 Å². The molecule has 2 rings (SSSR count). The second kappa shape index (κ2) is 5.08. The van der Waals surface area contributed by atoms with Crippen molar-refractivity contribution in [1.29, 1.82) is 0 Å². The van der Waals surface area contributed by atoms with Gasteiger partial charge in [-0.3, -0.25) is 10.1 Å². The van der Waals surface area contributed by atoms with Crippen molar-refractivity contribution in [2.24, 2.45) is 0 Å². The lowest BCUT2D eigenvalue weighted by molar-refractivity contribution is -0.128. The Bertz CT molecular complexity index is 421. The molecule has 1 fully saturated rings. The monoisotopic (exact) mass is 248 g/mol. The number of hydrogen-bond donors (Lipinski definition) is 2. The summed E-state index contributed by atoms with van der Waals surface area (Å²) in [7, 11) is 1.81. The maximum atomic E-state index is 11.9. The molecule has 0 radical (unpaired) electrons. The number of carbonyl (C=O) groups is 1. The van der Waals surface area contributed by atoms with Crippen LogP contribution in [0.4, 0.5) is 0 Å². The Kier molecular flexibility index (Phi) is 3.68. The molecule has 2 N–H and O–H groups in total. The fourth-order valence-corrected chi connectivity index (χ4v) is 2.37. The van der Waals surface area contributed by atoms with E-state index in [1.54, 1.807) is 4.90 Å². The molecule has 1 heterocycles. The zero-order valence-corrected chi connectivity index (χ0v) is 10.9. The molecule has 1 saturated heterocycles. The number of nitrogens with one attached hydrogen (secondary N) is 1. The first-order chi connectivity index (χ1) is 8.57. The normalized spacial score (nSPS) is 23.2. The Labute approximate surface area is 108 Å². The third-order valence-corrected chi connectivity index (χ3v) is 3.65. The number of likely N-dealkylation sites (N-methyl/N-ethyl adjacent to an activating group) is 1. The highest BCUT2D eigenvalue weighted by Crippen LogP contribution is 2.23.